The van der Waals surface area contributed by atoms with Crippen molar-refractivity contribution in [2.24, 2.45) is 0 Å². The van der Waals surface area contributed by atoms with Crippen molar-refractivity contribution in [1.82, 2.24) is 20.0 Å². The average molecular weight is 266 g/mol. The SMILES string of the molecule is CN1CCO[C@@H](CNCc2cnn(C(C)(C)C)c2)C1. The molecule has 0 saturated carbocycles. The molecule has 108 valence electrons. The van der Waals surface area contributed by atoms with Crippen LogP contribution in [0.3, 0.4) is 0 Å². The predicted octanol–water partition coefficient (Wildman–Crippen LogP) is 1.06. The van der Waals surface area contributed by atoms with Crippen molar-refractivity contribution in [1.29, 1.82) is 0 Å². The van der Waals surface area contributed by atoms with Crippen LogP contribution in [0.15, 0.2) is 12.4 Å². The molecule has 1 aliphatic heterocycles. The lowest BCUT2D eigenvalue weighted by Crippen LogP contribution is -2.44. The van der Waals surface area contributed by atoms with Crippen LogP contribution in [-0.2, 0) is 16.8 Å². The first-order valence-corrected chi connectivity index (χ1v) is 7.00. The minimum Gasteiger partial charge on any atom is -0.374 e. The van der Waals surface area contributed by atoms with E-state index in [4.69, 9.17) is 4.74 Å². The molecule has 1 aromatic heterocycles. The number of likely N-dealkylation sites (N-methyl/N-ethyl adjacent to an activating group) is 1. The third-order valence-corrected chi connectivity index (χ3v) is 3.37. The molecule has 5 heteroatoms. The second kappa shape index (κ2) is 6.03. The fourth-order valence-corrected chi connectivity index (χ4v) is 2.19. The topological polar surface area (TPSA) is 42.3 Å². The van der Waals surface area contributed by atoms with Crippen LogP contribution in [-0.4, -0.2) is 54.1 Å². The zero-order valence-corrected chi connectivity index (χ0v) is 12.5. The Bertz CT molecular complexity index is 396. The first kappa shape index (κ1) is 14.5. The molecule has 0 aromatic carbocycles. The summed E-state index contributed by atoms with van der Waals surface area (Å²) in [6.45, 7) is 11.1. The van der Waals surface area contributed by atoms with E-state index in [-0.39, 0.29) is 5.54 Å². The van der Waals surface area contributed by atoms with Gasteiger partial charge in [-0.05, 0) is 27.8 Å². The summed E-state index contributed by atoms with van der Waals surface area (Å²) in [7, 11) is 2.14. The van der Waals surface area contributed by atoms with E-state index in [0.717, 1.165) is 32.8 Å². The minimum atomic E-state index is 0.0491. The molecule has 1 saturated heterocycles. The summed E-state index contributed by atoms with van der Waals surface area (Å²) >= 11 is 0. The molecule has 0 aliphatic carbocycles. The number of nitrogens with zero attached hydrogens (tertiary/aromatic N) is 3. The smallest absolute Gasteiger partial charge is 0.0826 e. The Hall–Kier alpha value is -0.910. The van der Waals surface area contributed by atoms with Crippen LogP contribution >= 0.6 is 0 Å². The van der Waals surface area contributed by atoms with E-state index in [1.54, 1.807) is 0 Å². The van der Waals surface area contributed by atoms with Crippen molar-refractivity contribution in [2.75, 3.05) is 33.3 Å². The second-order valence-electron chi connectivity index (χ2n) is 6.35. The van der Waals surface area contributed by atoms with Gasteiger partial charge in [-0.3, -0.25) is 4.68 Å². The van der Waals surface area contributed by atoms with E-state index in [2.05, 4.69) is 49.3 Å². The fourth-order valence-electron chi connectivity index (χ4n) is 2.19. The highest BCUT2D eigenvalue weighted by Gasteiger charge is 2.17. The molecule has 0 unspecified atom stereocenters. The maximum Gasteiger partial charge on any atom is 0.0826 e. The predicted molar refractivity (Wildman–Crippen MR) is 76.2 cm³/mol. The first-order valence-electron chi connectivity index (χ1n) is 7.00. The summed E-state index contributed by atoms with van der Waals surface area (Å²) < 4.78 is 7.73. The molecule has 2 heterocycles. The average Bonchev–Trinajstić information content (AvgIpc) is 2.77. The van der Waals surface area contributed by atoms with Crippen molar-refractivity contribution >= 4 is 0 Å². The Morgan fingerprint density at radius 2 is 2.26 bits per heavy atom. The van der Waals surface area contributed by atoms with Gasteiger partial charge in [-0.25, -0.2) is 0 Å². The van der Waals surface area contributed by atoms with Gasteiger partial charge in [0.25, 0.3) is 0 Å². The van der Waals surface area contributed by atoms with Gasteiger partial charge in [0, 0.05) is 37.9 Å². The Labute approximate surface area is 115 Å². The summed E-state index contributed by atoms with van der Waals surface area (Å²) in [5.41, 5.74) is 1.27. The number of aromatic nitrogens is 2. The first-order chi connectivity index (χ1) is 8.95. The normalized spacial score (nSPS) is 21.8. The van der Waals surface area contributed by atoms with Crippen molar-refractivity contribution in [2.45, 2.75) is 39.0 Å². The van der Waals surface area contributed by atoms with Gasteiger partial charge in [-0.2, -0.15) is 5.10 Å². The molecule has 1 fully saturated rings. The number of morpholine rings is 1. The van der Waals surface area contributed by atoms with Crippen LogP contribution in [0.25, 0.3) is 0 Å². The standard InChI is InChI=1S/C14H26N4O/c1-14(2,3)18-10-12(8-16-18)7-15-9-13-11-17(4)5-6-19-13/h8,10,13,15H,5-7,9,11H2,1-4H3/t13-/m0/s1. The lowest BCUT2D eigenvalue weighted by Gasteiger charge is -2.30. The van der Waals surface area contributed by atoms with E-state index in [1.807, 2.05) is 10.9 Å². The molecule has 0 spiro atoms. The fraction of sp³-hybridized carbons (Fsp3) is 0.786. The van der Waals surface area contributed by atoms with E-state index < -0.39 is 0 Å². The Morgan fingerprint density at radius 1 is 1.47 bits per heavy atom. The van der Waals surface area contributed by atoms with Crippen molar-refractivity contribution in [3.05, 3.63) is 18.0 Å². The molecule has 5 nitrogen and oxygen atoms in total. The maximum atomic E-state index is 5.72. The number of nitrogens with one attached hydrogen (secondary N) is 1. The zero-order chi connectivity index (χ0) is 13.9. The molecule has 1 aromatic rings. The van der Waals surface area contributed by atoms with Gasteiger partial charge in [0.1, 0.15) is 0 Å². The van der Waals surface area contributed by atoms with Crippen LogP contribution in [0, 0.1) is 0 Å². The molecule has 1 atom stereocenters. The van der Waals surface area contributed by atoms with E-state index >= 15 is 0 Å². The van der Waals surface area contributed by atoms with Gasteiger partial charge in [0.05, 0.1) is 24.4 Å². The Balaban J connectivity index is 1.75. The number of rotatable bonds is 4. The minimum absolute atomic E-state index is 0.0491. The van der Waals surface area contributed by atoms with Gasteiger partial charge in [0.2, 0.25) is 0 Å². The zero-order valence-electron chi connectivity index (χ0n) is 12.5. The van der Waals surface area contributed by atoms with Crippen molar-refractivity contribution in [3.8, 4) is 0 Å². The quantitative estimate of drug-likeness (QED) is 0.885. The molecule has 1 N–H and O–H groups in total. The highest BCUT2D eigenvalue weighted by atomic mass is 16.5. The number of hydrogen-bond donors (Lipinski definition) is 1. The largest absolute Gasteiger partial charge is 0.374 e. The third kappa shape index (κ3) is 4.30. The van der Waals surface area contributed by atoms with E-state index in [9.17, 15) is 0 Å². The summed E-state index contributed by atoms with van der Waals surface area (Å²) in [5.74, 6) is 0. The number of ether oxygens (including phenoxy) is 1. The summed E-state index contributed by atoms with van der Waals surface area (Å²) in [6.07, 6.45) is 4.35. The van der Waals surface area contributed by atoms with E-state index in [1.165, 1.54) is 5.56 Å². The summed E-state index contributed by atoms with van der Waals surface area (Å²) in [4.78, 5) is 2.31. The van der Waals surface area contributed by atoms with Crippen molar-refractivity contribution < 1.29 is 4.74 Å². The van der Waals surface area contributed by atoms with Crippen LogP contribution in [0.4, 0.5) is 0 Å². The molecular formula is C14H26N4O. The van der Waals surface area contributed by atoms with Crippen LogP contribution in [0.1, 0.15) is 26.3 Å². The highest BCUT2D eigenvalue weighted by molar-refractivity contribution is 5.04. The monoisotopic (exact) mass is 266 g/mol. The van der Waals surface area contributed by atoms with Crippen LogP contribution < -0.4 is 5.32 Å². The van der Waals surface area contributed by atoms with Crippen LogP contribution in [0.5, 0.6) is 0 Å². The van der Waals surface area contributed by atoms with Crippen LogP contribution in [0.2, 0.25) is 0 Å². The lowest BCUT2D eigenvalue weighted by molar-refractivity contribution is -0.0182. The third-order valence-electron chi connectivity index (χ3n) is 3.37. The molecule has 0 radical (unpaired) electrons. The van der Waals surface area contributed by atoms with Gasteiger partial charge in [-0.1, -0.05) is 0 Å². The highest BCUT2D eigenvalue weighted by Crippen LogP contribution is 2.13. The maximum absolute atomic E-state index is 5.72. The number of hydrogen-bond acceptors (Lipinski definition) is 4. The lowest BCUT2D eigenvalue weighted by atomic mass is 10.1. The molecule has 0 amide bonds. The Morgan fingerprint density at radius 3 is 2.89 bits per heavy atom. The summed E-state index contributed by atoms with van der Waals surface area (Å²) in [5, 5.41) is 7.85. The molecule has 1 aliphatic rings. The van der Waals surface area contributed by atoms with Gasteiger partial charge < -0.3 is 15.0 Å². The molecule has 2 rings (SSSR count). The summed E-state index contributed by atoms with van der Waals surface area (Å²) in [6, 6.07) is 0. The van der Waals surface area contributed by atoms with E-state index in [0.29, 0.717) is 6.10 Å². The van der Waals surface area contributed by atoms with Gasteiger partial charge >= 0.3 is 0 Å². The molecular weight excluding hydrogens is 240 g/mol. The molecule has 19 heavy (non-hydrogen) atoms. The second-order valence-corrected chi connectivity index (χ2v) is 6.35. The Kier molecular flexibility index (Phi) is 4.60. The van der Waals surface area contributed by atoms with Gasteiger partial charge in [-0.15, -0.1) is 0 Å². The molecule has 0 bridgehead atoms. The van der Waals surface area contributed by atoms with Gasteiger partial charge in [0.15, 0.2) is 0 Å². The van der Waals surface area contributed by atoms with Crippen molar-refractivity contribution in [3.63, 3.8) is 0 Å².